The molecule has 2 aromatic rings. The Balaban J connectivity index is 1.52. The van der Waals surface area contributed by atoms with E-state index in [0.717, 1.165) is 19.0 Å². The van der Waals surface area contributed by atoms with Gasteiger partial charge >= 0.3 is 6.03 Å². The number of aliphatic hydroxyl groups is 1. The van der Waals surface area contributed by atoms with Crippen LogP contribution in [0.5, 0.6) is 0 Å². The van der Waals surface area contributed by atoms with Crippen molar-refractivity contribution in [1.29, 1.82) is 0 Å². The molecule has 1 aromatic heterocycles. The standard InChI is InChI=1S/C18H24N5O2/c1-14-6-8-22(9-7-14)17-4-2-15(3-5-17)20-18(25)21-16-12-19-23(13-16)10-11-24/h2-5,12-14,24H,6-11H2,1H3,(H,21,25). The van der Waals surface area contributed by atoms with E-state index < -0.39 is 6.03 Å². The minimum atomic E-state index is -0.442. The van der Waals surface area contributed by atoms with Crippen LogP contribution < -0.4 is 15.5 Å². The van der Waals surface area contributed by atoms with Gasteiger partial charge in [-0.05, 0) is 43.0 Å². The second-order valence-corrected chi connectivity index (χ2v) is 6.44. The van der Waals surface area contributed by atoms with Gasteiger partial charge in [-0.25, -0.2) is 4.79 Å². The highest BCUT2D eigenvalue weighted by Gasteiger charge is 2.16. The van der Waals surface area contributed by atoms with Crippen molar-refractivity contribution < 1.29 is 9.90 Å². The van der Waals surface area contributed by atoms with Crippen molar-refractivity contribution in [3.05, 3.63) is 36.7 Å². The van der Waals surface area contributed by atoms with Crippen molar-refractivity contribution in [3.8, 4) is 0 Å². The molecule has 0 bridgehead atoms. The summed E-state index contributed by atoms with van der Waals surface area (Å²) in [6.45, 7) is 4.85. The fraction of sp³-hybridized carbons (Fsp3) is 0.444. The maximum atomic E-state index is 12.0. The average Bonchev–Trinajstić information content (AvgIpc) is 3.03. The minimum absolute atomic E-state index is 0.00171. The molecule has 133 valence electrons. The van der Waals surface area contributed by atoms with Gasteiger partial charge in [0.25, 0.3) is 0 Å². The zero-order chi connectivity index (χ0) is 17.6. The van der Waals surface area contributed by atoms with Crippen LogP contribution in [0, 0.1) is 5.92 Å². The summed E-state index contributed by atoms with van der Waals surface area (Å²) in [5.74, 6) is 0.802. The van der Waals surface area contributed by atoms with Crippen molar-refractivity contribution in [3.63, 3.8) is 0 Å². The first-order chi connectivity index (χ1) is 12.1. The highest BCUT2D eigenvalue weighted by atomic mass is 16.3. The summed E-state index contributed by atoms with van der Waals surface area (Å²) in [6, 6.07) is 7.32. The maximum Gasteiger partial charge on any atom is 0.346 e. The fourth-order valence-electron chi connectivity index (χ4n) is 2.93. The number of rotatable bonds is 5. The van der Waals surface area contributed by atoms with E-state index in [1.807, 2.05) is 24.3 Å². The van der Waals surface area contributed by atoms with Gasteiger partial charge in [0.1, 0.15) is 0 Å². The number of nitrogens with one attached hydrogen (secondary N) is 1. The van der Waals surface area contributed by atoms with Crippen molar-refractivity contribution in [2.75, 3.05) is 29.9 Å². The van der Waals surface area contributed by atoms with Crippen LogP contribution in [0.1, 0.15) is 19.8 Å². The van der Waals surface area contributed by atoms with Gasteiger partial charge in [-0.1, -0.05) is 6.92 Å². The number of carbonyl (C=O) groups is 1. The van der Waals surface area contributed by atoms with Crippen molar-refractivity contribution in [2.45, 2.75) is 26.3 Å². The summed E-state index contributed by atoms with van der Waals surface area (Å²) in [7, 11) is 0. The molecule has 0 unspecified atom stereocenters. The first-order valence-electron chi connectivity index (χ1n) is 8.65. The number of amides is 2. The van der Waals surface area contributed by atoms with E-state index in [2.05, 4.69) is 27.6 Å². The summed E-state index contributed by atoms with van der Waals surface area (Å²) in [6.07, 6.45) is 5.63. The second kappa shape index (κ2) is 8.02. The van der Waals surface area contributed by atoms with E-state index in [1.165, 1.54) is 24.7 Å². The van der Waals surface area contributed by atoms with Gasteiger partial charge in [0.05, 0.1) is 30.7 Å². The highest BCUT2D eigenvalue weighted by Crippen LogP contribution is 2.24. The van der Waals surface area contributed by atoms with Crippen molar-refractivity contribution in [1.82, 2.24) is 15.1 Å². The van der Waals surface area contributed by atoms with Crippen LogP contribution >= 0.6 is 0 Å². The molecular formula is C18H24N5O2. The Morgan fingerprint density at radius 2 is 2.04 bits per heavy atom. The molecule has 1 aromatic carbocycles. The van der Waals surface area contributed by atoms with Gasteiger partial charge in [-0.3, -0.25) is 4.68 Å². The Labute approximate surface area is 147 Å². The van der Waals surface area contributed by atoms with Gasteiger partial charge in [0.15, 0.2) is 0 Å². The van der Waals surface area contributed by atoms with Gasteiger partial charge in [-0.15, -0.1) is 0 Å². The van der Waals surface area contributed by atoms with Crippen LogP contribution in [0.25, 0.3) is 0 Å². The highest BCUT2D eigenvalue weighted by molar-refractivity contribution is 5.91. The molecule has 7 heteroatoms. The molecule has 0 atom stereocenters. The van der Waals surface area contributed by atoms with E-state index in [9.17, 15) is 4.79 Å². The summed E-state index contributed by atoms with van der Waals surface area (Å²) in [5, 5.41) is 19.6. The van der Waals surface area contributed by atoms with Crippen molar-refractivity contribution >= 4 is 23.1 Å². The first-order valence-corrected chi connectivity index (χ1v) is 8.65. The lowest BCUT2D eigenvalue weighted by Gasteiger charge is -2.32. The van der Waals surface area contributed by atoms with Gasteiger partial charge < -0.3 is 15.3 Å². The molecule has 0 saturated carbocycles. The molecule has 1 fully saturated rings. The molecule has 2 amide bonds. The van der Waals surface area contributed by atoms with Crippen LogP contribution in [-0.2, 0) is 6.54 Å². The lowest BCUT2D eigenvalue weighted by atomic mass is 9.99. The number of carbonyl (C=O) groups excluding carboxylic acids is 1. The molecule has 0 spiro atoms. The Morgan fingerprint density at radius 1 is 1.32 bits per heavy atom. The molecule has 7 nitrogen and oxygen atoms in total. The lowest BCUT2D eigenvalue weighted by Crippen LogP contribution is -2.32. The minimum Gasteiger partial charge on any atom is -0.394 e. The van der Waals surface area contributed by atoms with Crippen LogP contribution in [-0.4, -0.2) is 40.6 Å². The smallest absolute Gasteiger partial charge is 0.346 e. The molecule has 25 heavy (non-hydrogen) atoms. The summed E-state index contributed by atoms with van der Waals surface area (Å²) >= 11 is 0. The van der Waals surface area contributed by atoms with Crippen LogP contribution in [0.3, 0.4) is 0 Å². The number of benzene rings is 1. The van der Waals surface area contributed by atoms with Gasteiger partial charge in [-0.2, -0.15) is 10.4 Å². The van der Waals surface area contributed by atoms with Crippen LogP contribution in [0.2, 0.25) is 0 Å². The molecule has 1 radical (unpaired) electrons. The van der Waals surface area contributed by atoms with Crippen LogP contribution in [0.4, 0.5) is 21.9 Å². The number of hydrogen-bond acceptors (Lipinski definition) is 4. The normalized spacial score (nSPS) is 15.2. The predicted molar refractivity (Wildman–Crippen MR) is 97.2 cm³/mol. The second-order valence-electron chi connectivity index (χ2n) is 6.44. The molecule has 2 N–H and O–H groups in total. The first kappa shape index (κ1) is 17.3. The zero-order valence-electron chi connectivity index (χ0n) is 14.4. The number of urea groups is 1. The topological polar surface area (TPSA) is 84.5 Å². The molecule has 1 aliphatic rings. The number of aromatic nitrogens is 2. The molecule has 2 heterocycles. The van der Waals surface area contributed by atoms with E-state index in [4.69, 9.17) is 5.11 Å². The van der Waals surface area contributed by atoms with Gasteiger partial charge in [0.2, 0.25) is 0 Å². The Hall–Kier alpha value is -2.54. The van der Waals surface area contributed by atoms with Crippen molar-refractivity contribution in [2.24, 2.45) is 5.92 Å². The Bertz CT molecular complexity index is 690. The number of anilines is 2. The summed E-state index contributed by atoms with van der Waals surface area (Å²) in [5.41, 5.74) is 2.35. The summed E-state index contributed by atoms with van der Waals surface area (Å²) in [4.78, 5) is 14.4. The molecule has 3 rings (SSSR count). The SMILES string of the molecule is CC1CCN(c2ccc([N]C(=O)Nc3cnn(CCO)c3)cc2)CC1. The monoisotopic (exact) mass is 342 g/mol. The van der Waals surface area contributed by atoms with E-state index in [0.29, 0.717) is 17.9 Å². The quantitative estimate of drug-likeness (QED) is 0.875. The largest absolute Gasteiger partial charge is 0.394 e. The van der Waals surface area contributed by atoms with E-state index in [1.54, 1.807) is 10.9 Å². The maximum absolute atomic E-state index is 12.0. The van der Waals surface area contributed by atoms with Gasteiger partial charge in [0, 0.05) is 25.0 Å². The van der Waals surface area contributed by atoms with E-state index in [-0.39, 0.29) is 6.61 Å². The third-order valence-corrected chi connectivity index (χ3v) is 4.44. The Kier molecular flexibility index (Phi) is 5.55. The molecule has 1 saturated heterocycles. The molecular weight excluding hydrogens is 318 g/mol. The number of piperidine rings is 1. The average molecular weight is 342 g/mol. The molecule has 1 aliphatic heterocycles. The third-order valence-electron chi connectivity index (χ3n) is 4.44. The Morgan fingerprint density at radius 3 is 2.72 bits per heavy atom. The predicted octanol–water partition coefficient (Wildman–Crippen LogP) is 2.58. The fourth-order valence-corrected chi connectivity index (χ4v) is 2.93. The third kappa shape index (κ3) is 4.73. The zero-order valence-corrected chi connectivity index (χ0v) is 14.4. The lowest BCUT2D eigenvalue weighted by molar-refractivity contribution is 0.255. The number of hydrogen-bond donors (Lipinski definition) is 2. The number of nitrogens with zero attached hydrogens (tertiary/aromatic N) is 4. The van der Waals surface area contributed by atoms with E-state index >= 15 is 0 Å². The summed E-state index contributed by atoms with van der Waals surface area (Å²) < 4.78 is 1.56. The van der Waals surface area contributed by atoms with Crippen LogP contribution in [0.15, 0.2) is 36.7 Å². The molecule has 0 aliphatic carbocycles. The number of aliphatic hydroxyl groups excluding tert-OH is 1.